The van der Waals surface area contributed by atoms with Gasteiger partial charge in [0.1, 0.15) is 0 Å². The highest BCUT2D eigenvalue weighted by Gasteiger charge is 2.67. The molecule has 0 radical (unpaired) electrons. The van der Waals surface area contributed by atoms with Crippen LogP contribution in [0.5, 0.6) is 0 Å². The molecule has 6 atom stereocenters. The van der Waals surface area contributed by atoms with Crippen LogP contribution in [0.3, 0.4) is 0 Å². The minimum atomic E-state index is -1.17. The fourth-order valence-electron chi connectivity index (χ4n) is 7.85. The quantitative estimate of drug-likeness (QED) is 0.517. The zero-order chi connectivity index (χ0) is 25.2. The number of ketones is 1. The number of benzene rings is 1. The molecule has 0 saturated heterocycles. The lowest BCUT2D eigenvalue weighted by molar-refractivity contribution is -0.114. The highest BCUT2D eigenvalue weighted by atomic mass is 16.5. The summed E-state index contributed by atoms with van der Waals surface area (Å²) >= 11 is 0. The first-order valence-corrected chi connectivity index (χ1v) is 13.3. The van der Waals surface area contributed by atoms with Gasteiger partial charge in [-0.3, -0.25) is 4.79 Å². The Kier molecular flexibility index (Phi) is 5.93. The second kappa shape index (κ2) is 8.46. The van der Waals surface area contributed by atoms with Crippen LogP contribution in [0, 0.1) is 29.1 Å². The molecule has 186 valence electrons. The van der Waals surface area contributed by atoms with E-state index >= 15 is 0 Å². The molecule has 0 amide bonds. The number of ether oxygens (including phenoxy) is 1. The van der Waals surface area contributed by atoms with Crippen molar-refractivity contribution in [2.24, 2.45) is 17.3 Å². The van der Waals surface area contributed by atoms with Crippen molar-refractivity contribution in [1.82, 2.24) is 0 Å². The predicted octanol–water partition coefficient (Wildman–Crippen LogP) is 6.26. The van der Waals surface area contributed by atoms with E-state index in [-0.39, 0.29) is 28.6 Å². The average molecular weight is 473 g/mol. The Morgan fingerprint density at radius 2 is 1.83 bits per heavy atom. The van der Waals surface area contributed by atoms with E-state index in [0.717, 1.165) is 32.1 Å². The molecule has 1 aromatic rings. The molecule has 3 heteroatoms. The van der Waals surface area contributed by atoms with Crippen molar-refractivity contribution in [3.63, 3.8) is 0 Å². The van der Waals surface area contributed by atoms with Gasteiger partial charge in [-0.1, -0.05) is 63.5 Å². The molecule has 0 heterocycles. The van der Waals surface area contributed by atoms with Crippen molar-refractivity contribution in [2.45, 2.75) is 96.2 Å². The lowest BCUT2D eigenvalue weighted by Crippen LogP contribution is -2.54. The van der Waals surface area contributed by atoms with Gasteiger partial charge in [0, 0.05) is 24.9 Å². The van der Waals surface area contributed by atoms with Crippen LogP contribution in [0.25, 0.3) is 0 Å². The molecular formula is C32H40O3. The molecule has 3 unspecified atom stereocenters. The molecule has 2 fully saturated rings. The summed E-state index contributed by atoms with van der Waals surface area (Å²) in [6, 6.07) is 9.16. The summed E-state index contributed by atoms with van der Waals surface area (Å²) in [5.41, 5.74) is 5.43. The Hall–Kier alpha value is -2.15. The van der Waals surface area contributed by atoms with Gasteiger partial charge in [-0.25, -0.2) is 0 Å². The summed E-state index contributed by atoms with van der Waals surface area (Å²) in [5, 5.41) is 12.1. The van der Waals surface area contributed by atoms with Crippen LogP contribution in [0.1, 0.15) is 90.2 Å². The van der Waals surface area contributed by atoms with Crippen LogP contribution in [0.15, 0.2) is 47.1 Å². The Bertz CT molecular complexity index is 1150. The molecule has 3 nitrogen and oxygen atoms in total. The van der Waals surface area contributed by atoms with Gasteiger partial charge < -0.3 is 9.84 Å². The zero-order valence-electron chi connectivity index (χ0n) is 22.2. The maximum Gasteiger partial charge on any atom is 0.156 e. The normalized spacial score (nSPS) is 36.5. The minimum absolute atomic E-state index is 0.102. The standard InChI is InChI=1S/C32H40O3/c1-7-16-32(34)28(35-6)18-27-25-14-10-21-17-23(33)13-15-24(21)29(25)26(19-31(27,32)5)20-8-11-22(12-9-20)30(2,3)4/h8-9,11-12,17,25-28,34H,10,13-15,18-19H2,1-6H3/t25-,26?,27-,28?,31-,32?/m0/s1. The monoisotopic (exact) mass is 472 g/mol. The summed E-state index contributed by atoms with van der Waals surface area (Å²) in [6.45, 7) is 10.8. The van der Waals surface area contributed by atoms with Crippen molar-refractivity contribution >= 4 is 5.78 Å². The van der Waals surface area contributed by atoms with Crippen LogP contribution < -0.4 is 0 Å². The first kappa shape index (κ1) is 24.5. The number of carbonyl (C=O) groups is 1. The number of allylic oxidation sites excluding steroid dienone is 4. The van der Waals surface area contributed by atoms with Gasteiger partial charge in [-0.2, -0.15) is 0 Å². The Labute approximate surface area is 211 Å². The molecule has 4 aliphatic carbocycles. The molecule has 0 aromatic heterocycles. The van der Waals surface area contributed by atoms with Crippen LogP contribution in [-0.2, 0) is 14.9 Å². The second-order valence-electron chi connectivity index (χ2n) is 12.5. The number of fused-ring (bicyclic) bond motifs is 4. The SMILES string of the molecule is CC#CC1(O)C(OC)C[C@H]2[C@@H]3CCC4=CC(=O)CCC4=C3C(c3ccc(C(C)(C)C)cc3)C[C@@]21C. The molecule has 4 aliphatic rings. The van der Waals surface area contributed by atoms with Crippen molar-refractivity contribution < 1.29 is 14.6 Å². The molecule has 35 heavy (non-hydrogen) atoms. The van der Waals surface area contributed by atoms with Crippen molar-refractivity contribution in [3.05, 3.63) is 58.2 Å². The van der Waals surface area contributed by atoms with Crippen molar-refractivity contribution in [2.75, 3.05) is 7.11 Å². The van der Waals surface area contributed by atoms with Gasteiger partial charge >= 0.3 is 0 Å². The van der Waals surface area contributed by atoms with E-state index in [9.17, 15) is 9.90 Å². The predicted molar refractivity (Wildman–Crippen MR) is 140 cm³/mol. The Balaban J connectivity index is 1.69. The van der Waals surface area contributed by atoms with Gasteiger partial charge in [0.2, 0.25) is 0 Å². The van der Waals surface area contributed by atoms with Crippen molar-refractivity contribution in [3.8, 4) is 11.8 Å². The van der Waals surface area contributed by atoms with Crippen LogP contribution in [-0.4, -0.2) is 29.7 Å². The number of hydrogen-bond acceptors (Lipinski definition) is 3. The summed E-state index contributed by atoms with van der Waals surface area (Å²) in [7, 11) is 1.71. The van der Waals surface area contributed by atoms with E-state index in [2.05, 4.69) is 63.8 Å². The minimum Gasteiger partial charge on any atom is -0.377 e. The lowest BCUT2D eigenvalue weighted by atomic mass is 9.51. The third-order valence-corrected chi connectivity index (χ3v) is 9.71. The fourth-order valence-corrected chi connectivity index (χ4v) is 7.85. The summed E-state index contributed by atoms with van der Waals surface area (Å²) in [6.07, 6.45) is 6.74. The zero-order valence-corrected chi connectivity index (χ0v) is 22.2. The molecule has 0 spiro atoms. The van der Waals surface area contributed by atoms with E-state index in [1.807, 2.05) is 13.0 Å². The van der Waals surface area contributed by atoms with Crippen molar-refractivity contribution in [1.29, 1.82) is 0 Å². The lowest BCUT2D eigenvalue weighted by Gasteiger charge is -2.53. The van der Waals surface area contributed by atoms with E-state index in [1.54, 1.807) is 7.11 Å². The van der Waals surface area contributed by atoms with Crippen LogP contribution in [0.4, 0.5) is 0 Å². The topological polar surface area (TPSA) is 46.5 Å². The van der Waals surface area contributed by atoms with E-state index < -0.39 is 5.60 Å². The van der Waals surface area contributed by atoms with E-state index in [1.165, 1.54) is 27.8 Å². The molecule has 0 bridgehead atoms. The average Bonchev–Trinajstić information content (AvgIpc) is 3.04. The smallest absolute Gasteiger partial charge is 0.156 e. The van der Waals surface area contributed by atoms with Gasteiger partial charge in [0.15, 0.2) is 11.4 Å². The highest BCUT2D eigenvalue weighted by molar-refractivity contribution is 5.93. The summed E-state index contributed by atoms with van der Waals surface area (Å²) in [4.78, 5) is 12.3. The maximum atomic E-state index is 12.3. The van der Waals surface area contributed by atoms with Gasteiger partial charge in [0.05, 0.1) is 6.10 Å². The molecule has 2 saturated carbocycles. The molecule has 0 aliphatic heterocycles. The largest absolute Gasteiger partial charge is 0.377 e. The first-order valence-electron chi connectivity index (χ1n) is 13.3. The van der Waals surface area contributed by atoms with Crippen LogP contribution >= 0.6 is 0 Å². The molecule has 5 rings (SSSR count). The number of carbonyl (C=O) groups excluding carboxylic acids is 1. The molecular weight excluding hydrogens is 432 g/mol. The van der Waals surface area contributed by atoms with Gasteiger partial charge in [-0.15, -0.1) is 5.92 Å². The Morgan fingerprint density at radius 3 is 2.46 bits per heavy atom. The highest BCUT2D eigenvalue weighted by Crippen LogP contribution is 2.67. The number of aliphatic hydroxyl groups is 1. The maximum absolute atomic E-state index is 12.3. The number of rotatable bonds is 2. The summed E-state index contributed by atoms with van der Waals surface area (Å²) < 4.78 is 5.91. The van der Waals surface area contributed by atoms with Gasteiger partial charge in [-0.05, 0) is 84.6 Å². The Morgan fingerprint density at radius 1 is 1.11 bits per heavy atom. The molecule has 1 N–H and O–H groups in total. The first-order chi connectivity index (χ1) is 16.5. The second-order valence-corrected chi connectivity index (χ2v) is 12.5. The third kappa shape index (κ3) is 3.68. The summed E-state index contributed by atoms with van der Waals surface area (Å²) in [5.74, 6) is 7.43. The third-order valence-electron chi connectivity index (χ3n) is 9.71. The van der Waals surface area contributed by atoms with Gasteiger partial charge in [0.25, 0.3) is 0 Å². The molecule has 1 aromatic carbocycles. The number of methoxy groups -OCH3 is 1. The number of hydrogen-bond donors (Lipinski definition) is 1. The van der Waals surface area contributed by atoms with E-state index in [4.69, 9.17) is 4.74 Å². The fraction of sp³-hybridized carbons (Fsp3) is 0.594. The van der Waals surface area contributed by atoms with Crippen LogP contribution in [0.2, 0.25) is 0 Å². The van der Waals surface area contributed by atoms with E-state index in [0.29, 0.717) is 18.3 Å².